The van der Waals surface area contributed by atoms with Gasteiger partial charge >= 0.3 is 0 Å². The fraction of sp³-hybridized carbons (Fsp3) is 0.308. The van der Waals surface area contributed by atoms with Crippen LogP contribution in [0.3, 0.4) is 0 Å². The zero-order valence-corrected chi connectivity index (χ0v) is 13.7. The third-order valence-corrected chi connectivity index (χ3v) is 4.13. The number of rotatable bonds is 4. The molecule has 0 aliphatic heterocycles. The van der Waals surface area contributed by atoms with Gasteiger partial charge in [0.1, 0.15) is 11.5 Å². The van der Waals surface area contributed by atoms with Crippen LogP contribution < -0.4 is 5.32 Å². The summed E-state index contributed by atoms with van der Waals surface area (Å²) in [6.07, 6.45) is 2.73. The molecule has 0 radical (unpaired) electrons. The van der Waals surface area contributed by atoms with E-state index in [0.29, 0.717) is 16.5 Å². The number of halogens is 2. The quantitative estimate of drug-likeness (QED) is 0.807. The molecule has 19 heavy (non-hydrogen) atoms. The first-order valence-electron chi connectivity index (χ1n) is 6.02. The van der Waals surface area contributed by atoms with E-state index in [2.05, 4.69) is 49.8 Å². The summed E-state index contributed by atoms with van der Waals surface area (Å²) >= 11 is 8.39. The molecule has 0 atom stereocenters. The lowest BCUT2D eigenvalue weighted by atomic mass is 10.3. The zero-order valence-electron chi connectivity index (χ0n) is 10.7. The molecule has 4 nitrogen and oxygen atoms in total. The Morgan fingerprint density at radius 2 is 2.16 bits per heavy atom. The van der Waals surface area contributed by atoms with Crippen LogP contribution in [0.25, 0.3) is 11.5 Å². The molecule has 0 aliphatic rings. The van der Waals surface area contributed by atoms with E-state index in [1.807, 2.05) is 6.92 Å². The van der Waals surface area contributed by atoms with Gasteiger partial charge in [0, 0.05) is 12.7 Å². The Morgan fingerprint density at radius 1 is 1.37 bits per heavy atom. The van der Waals surface area contributed by atoms with Gasteiger partial charge in [0.2, 0.25) is 0 Å². The Bertz CT molecular complexity index is 589. The maximum Gasteiger partial charge on any atom is 0.182 e. The summed E-state index contributed by atoms with van der Waals surface area (Å²) in [5, 5.41) is 3.86. The average molecular weight is 389 g/mol. The minimum atomic E-state index is 0.558. The van der Waals surface area contributed by atoms with Gasteiger partial charge in [-0.1, -0.05) is 18.5 Å². The van der Waals surface area contributed by atoms with Crippen molar-refractivity contribution >= 4 is 40.0 Å². The molecule has 0 aromatic carbocycles. The van der Waals surface area contributed by atoms with Crippen LogP contribution in [0.1, 0.15) is 19.0 Å². The van der Waals surface area contributed by atoms with Crippen molar-refractivity contribution in [3.63, 3.8) is 0 Å². The van der Waals surface area contributed by atoms with E-state index in [1.165, 1.54) is 0 Å². The van der Waals surface area contributed by atoms with Gasteiger partial charge in [0.25, 0.3) is 0 Å². The molecule has 0 saturated carbocycles. The molecule has 0 saturated heterocycles. The van der Waals surface area contributed by atoms with Gasteiger partial charge in [-0.25, -0.2) is 9.97 Å². The molecule has 2 rings (SSSR count). The number of hydrogen-bond donors (Lipinski definition) is 1. The summed E-state index contributed by atoms with van der Waals surface area (Å²) in [7, 11) is 0. The van der Waals surface area contributed by atoms with Gasteiger partial charge in [-0.3, -0.25) is 4.98 Å². The zero-order chi connectivity index (χ0) is 13.8. The number of hydrogen-bond acceptors (Lipinski definition) is 4. The smallest absolute Gasteiger partial charge is 0.182 e. The first-order valence-corrected chi connectivity index (χ1v) is 7.48. The van der Waals surface area contributed by atoms with E-state index in [4.69, 9.17) is 11.6 Å². The fourth-order valence-corrected chi connectivity index (χ4v) is 2.21. The second-order valence-corrected chi connectivity index (χ2v) is 5.54. The summed E-state index contributed by atoms with van der Waals surface area (Å²) in [5.74, 6) is 1.40. The topological polar surface area (TPSA) is 50.7 Å². The van der Waals surface area contributed by atoms with Crippen LogP contribution >= 0.6 is 34.2 Å². The maximum atomic E-state index is 6.14. The summed E-state index contributed by atoms with van der Waals surface area (Å²) in [6, 6.07) is 3.58. The first-order chi connectivity index (χ1) is 9.13. The lowest BCUT2D eigenvalue weighted by Gasteiger charge is -2.11. The van der Waals surface area contributed by atoms with Gasteiger partial charge in [0.15, 0.2) is 5.82 Å². The molecular formula is C13H14ClIN4. The average Bonchev–Trinajstić information content (AvgIpc) is 2.41. The molecule has 2 aromatic heterocycles. The lowest BCUT2D eigenvalue weighted by Crippen LogP contribution is -2.08. The second kappa shape index (κ2) is 6.47. The molecular weight excluding hydrogens is 375 g/mol. The SMILES string of the molecule is CCCNc1nc(-c2ncccc2Cl)nc(C)c1I. The first kappa shape index (κ1) is 14.5. The highest BCUT2D eigenvalue weighted by atomic mass is 127. The van der Waals surface area contributed by atoms with Crippen LogP contribution in [-0.2, 0) is 0 Å². The standard InChI is InChI=1S/C13H14ClIN4/c1-3-6-17-12-10(15)8(2)18-13(19-12)11-9(14)5-4-7-16-11/h4-5,7H,3,6H2,1-2H3,(H,17,18,19). The second-order valence-electron chi connectivity index (χ2n) is 4.06. The van der Waals surface area contributed by atoms with Gasteiger partial charge in [-0.2, -0.15) is 0 Å². The maximum absolute atomic E-state index is 6.14. The summed E-state index contributed by atoms with van der Waals surface area (Å²) in [5.41, 5.74) is 1.54. The van der Waals surface area contributed by atoms with Crippen molar-refractivity contribution in [2.75, 3.05) is 11.9 Å². The van der Waals surface area contributed by atoms with Crippen LogP contribution in [0.2, 0.25) is 5.02 Å². The summed E-state index contributed by atoms with van der Waals surface area (Å²) in [6.45, 7) is 4.95. The largest absolute Gasteiger partial charge is 0.369 e. The minimum Gasteiger partial charge on any atom is -0.369 e. The molecule has 2 heterocycles. The molecule has 0 unspecified atom stereocenters. The van der Waals surface area contributed by atoms with Gasteiger partial charge in [-0.15, -0.1) is 0 Å². The lowest BCUT2D eigenvalue weighted by molar-refractivity contribution is 0.956. The van der Waals surface area contributed by atoms with Crippen molar-refractivity contribution in [2.45, 2.75) is 20.3 Å². The third kappa shape index (κ3) is 3.33. The van der Waals surface area contributed by atoms with E-state index in [-0.39, 0.29) is 0 Å². The number of anilines is 1. The molecule has 0 spiro atoms. The third-order valence-electron chi connectivity index (χ3n) is 2.53. The Morgan fingerprint density at radius 3 is 2.84 bits per heavy atom. The van der Waals surface area contributed by atoms with Crippen LogP contribution in [-0.4, -0.2) is 21.5 Å². The minimum absolute atomic E-state index is 0.558. The fourth-order valence-electron chi connectivity index (χ4n) is 1.58. The Labute approximate surface area is 131 Å². The Hall–Kier alpha value is -0.950. The van der Waals surface area contributed by atoms with Crippen LogP contribution in [0.15, 0.2) is 18.3 Å². The van der Waals surface area contributed by atoms with Crippen molar-refractivity contribution in [3.05, 3.63) is 32.6 Å². The van der Waals surface area contributed by atoms with Crippen LogP contribution in [0.5, 0.6) is 0 Å². The van der Waals surface area contributed by atoms with Crippen molar-refractivity contribution in [3.8, 4) is 11.5 Å². The number of aryl methyl sites for hydroxylation is 1. The monoisotopic (exact) mass is 388 g/mol. The normalized spacial score (nSPS) is 10.5. The van der Waals surface area contributed by atoms with E-state index >= 15 is 0 Å². The van der Waals surface area contributed by atoms with E-state index in [0.717, 1.165) is 28.0 Å². The van der Waals surface area contributed by atoms with E-state index in [9.17, 15) is 0 Å². The summed E-state index contributed by atoms with van der Waals surface area (Å²) < 4.78 is 1.03. The summed E-state index contributed by atoms with van der Waals surface area (Å²) in [4.78, 5) is 13.2. The van der Waals surface area contributed by atoms with E-state index < -0.39 is 0 Å². The van der Waals surface area contributed by atoms with Gasteiger partial charge < -0.3 is 5.32 Å². The number of nitrogens with zero attached hydrogens (tertiary/aromatic N) is 3. The molecule has 0 bridgehead atoms. The number of nitrogens with one attached hydrogen (secondary N) is 1. The molecule has 2 aromatic rings. The molecule has 100 valence electrons. The van der Waals surface area contributed by atoms with Gasteiger partial charge in [-0.05, 0) is 48.1 Å². The molecule has 6 heteroatoms. The Balaban J connectivity index is 2.47. The predicted octanol–water partition coefficient (Wildman–Crippen LogP) is 3.93. The highest BCUT2D eigenvalue weighted by Gasteiger charge is 2.13. The number of pyridine rings is 1. The van der Waals surface area contributed by atoms with E-state index in [1.54, 1.807) is 18.3 Å². The highest BCUT2D eigenvalue weighted by Crippen LogP contribution is 2.26. The predicted molar refractivity (Wildman–Crippen MR) is 86.5 cm³/mol. The van der Waals surface area contributed by atoms with Crippen molar-refractivity contribution in [1.82, 2.24) is 15.0 Å². The molecule has 0 amide bonds. The molecule has 1 N–H and O–H groups in total. The highest BCUT2D eigenvalue weighted by molar-refractivity contribution is 14.1. The number of aromatic nitrogens is 3. The van der Waals surface area contributed by atoms with Gasteiger partial charge in [0.05, 0.1) is 14.3 Å². The van der Waals surface area contributed by atoms with Crippen molar-refractivity contribution < 1.29 is 0 Å². The van der Waals surface area contributed by atoms with Crippen LogP contribution in [0.4, 0.5) is 5.82 Å². The van der Waals surface area contributed by atoms with Crippen molar-refractivity contribution in [2.24, 2.45) is 0 Å². The van der Waals surface area contributed by atoms with Crippen molar-refractivity contribution in [1.29, 1.82) is 0 Å². The Kier molecular flexibility index (Phi) is 4.93. The molecule has 0 fully saturated rings. The molecule has 0 aliphatic carbocycles. The van der Waals surface area contributed by atoms with Crippen LogP contribution in [0, 0.1) is 10.5 Å².